The van der Waals surface area contributed by atoms with Crippen LogP contribution in [0.1, 0.15) is 34.9 Å². The van der Waals surface area contributed by atoms with Crippen molar-refractivity contribution in [1.29, 1.82) is 0 Å². The van der Waals surface area contributed by atoms with Crippen LogP contribution in [0, 0.1) is 0 Å². The number of hydrogen-bond acceptors (Lipinski definition) is 7. The normalized spacial score (nSPS) is 21.8. The first kappa shape index (κ1) is 27.4. The lowest BCUT2D eigenvalue weighted by atomic mass is 9.82. The van der Waals surface area contributed by atoms with Crippen molar-refractivity contribution in [2.45, 2.75) is 43.2 Å². The summed E-state index contributed by atoms with van der Waals surface area (Å²) in [5.74, 6) is -0.461. The van der Waals surface area contributed by atoms with Crippen LogP contribution >= 0.6 is 0 Å². The molecule has 0 bridgehead atoms. The van der Waals surface area contributed by atoms with E-state index in [9.17, 15) is 13.2 Å². The summed E-state index contributed by atoms with van der Waals surface area (Å²) in [7, 11) is 1.56. The van der Waals surface area contributed by atoms with Crippen LogP contribution in [0.25, 0.3) is 5.69 Å². The minimum Gasteiger partial charge on any atom is -0.496 e. The Hall–Kier alpha value is -3.80. The minimum atomic E-state index is -4.68. The molecule has 2 saturated heterocycles. The van der Waals surface area contributed by atoms with Crippen molar-refractivity contribution in [2.75, 3.05) is 26.7 Å². The fourth-order valence-corrected chi connectivity index (χ4v) is 6.45. The Morgan fingerprint density at radius 3 is 2.29 bits per heavy atom. The van der Waals surface area contributed by atoms with E-state index < -0.39 is 12.0 Å². The molecule has 0 amide bonds. The van der Waals surface area contributed by atoms with Crippen LogP contribution in [0.3, 0.4) is 0 Å². The number of hydrogen-bond donors (Lipinski definition) is 1. The molecule has 0 unspecified atom stereocenters. The summed E-state index contributed by atoms with van der Waals surface area (Å²) in [5.41, 5.74) is 10.1. The number of fused-ring (bicyclic) bond motifs is 1. The Balaban J connectivity index is 1.36. The number of aromatic nitrogens is 4. The smallest absolute Gasteiger partial charge is 0.453 e. The molecule has 2 aliphatic heterocycles. The highest BCUT2D eigenvalue weighted by Crippen LogP contribution is 2.38. The zero-order valence-corrected chi connectivity index (χ0v) is 22.7. The third-order valence-corrected chi connectivity index (χ3v) is 8.29. The Labute approximate surface area is 236 Å². The van der Waals surface area contributed by atoms with Gasteiger partial charge in [-0.1, -0.05) is 60.7 Å². The summed E-state index contributed by atoms with van der Waals surface area (Å²) in [6, 6.07) is 26.3. The summed E-state index contributed by atoms with van der Waals surface area (Å²) in [6.45, 7) is 2.91. The Morgan fingerprint density at radius 1 is 0.976 bits per heavy atom. The minimum absolute atomic E-state index is 0.0382. The lowest BCUT2D eigenvalue weighted by molar-refractivity contribution is -0.146. The van der Waals surface area contributed by atoms with Crippen molar-refractivity contribution in [3.63, 3.8) is 0 Å². The van der Waals surface area contributed by atoms with Gasteiger partial charge in [-0.2, -0.15) is 17.9 Å². The molecule has 0 aliphatic carbocycles. The van der Waals surface area contributed by atoms with Crippen molar-refractivity contribution in [2.24, 2.45) is 5.73 Å². The van der Waals surface area contributed by atoms with Crippen LogP contribution in [0.2, 0.25) is 0 Å². The number of tetrazole rings is 1. The first-order valence-corrected chi connectivity index (χ1v) is 13.7. The highest BCUT2D eigenvalue weighted by molar-refractivity contribution is 5.44. The monoisotopic (exact) mass is 563 g/mol. The van der Waals surface area contributed by atoms with Crippen molar-refractivity contribution in [1.82, 2.24) is 30.0 Å². The maximum Gasteiger partial charge on any atom is 0.453 e. The SMILES string of the molecule is COc1ccc(-n2nnnc2C(F)(F)F)cc1CN1C[C@@H]2[C@H](N)CCN2[C@H](C(c2ccccc2)c2ccccc2)C1. The van der Waals surface area contributed by atoms with E-state index in [0.29, 0.717) is 12.3 Å². The van der Waals surface area contributed by atoms with Gasteiger partial charge in [-0.3, -0.25) is 9.80 Å². The average molecular weight is 564 g/mol. The molecule has 8 nitrogen and oxygen atoms in total. The predicted molar refractivity (Wildman–Crippen MR) is 148 cm³/mol. The quantitative estimate of drug-likeness (QED) is 0.362. The summed E-state index contributed by atoms with van der Waals surface area (Å²) >= 11 is 0. The van der Waals surface area contributed by atoms with Gasteiger partial charge in [0.25, 0.3) is 5.82 Å². The van der Waals surface area contributed by atoms with Gasteiger partial charge in [-0.05, 0) is 46.2 Å². The number of rotatable bonds is 7. The van der Waals surface area contributed by atoms with Crippen molar-refractivity contribution in [3.8, 4) is 11.4 Å². The third kappa shape index (κ3) is 5.44. The zero-order chi connectivity index (χ0) is 28.6. The second-order valence-electron chi connectivity index (χ2n) is 10.7. The second kappa shape index (κ2) is 11.2. The second-order valence-corrected chi connectivity index (χ2v) is 10.7. The van der Waals surface area contributed by atoms with E-state index >= 15 is 0 Å². The maximum atomic E-state index is 13.5. The molecule has 0 saturated carbocycles. The van der Waals surface area contributed by atoms with Crippen LogP contribution in [-0.4, -0.2) is 74.9 Å². The third-order valence-electron chi connectivity index (χ3n) is 8.29. The lowest BCUT2D eigenvalue weighted by Crippen LogP contribution is -2.60. The maximum absolute atomic E-state index is 13.5. The molecule has 1 aromatic heterocycles. The zero-order valence-electron chi connectivity index (χ0n) is 22.7. The largest absolute Gasteiger partial charge is 0.496 e. The predicted octanol–water partition coefficient (Wildman–Crippen LogP) is 4.11. The standard InChI is InChI=1S/C30H32F3N7O/c1-41-27-13-12-23(40-29(30(31,32)33)35-36-37-40)16-22(27)17-38-18-25-24(34)14-15-39(25)26(19-38)28(20-8-4-2-5-9-20)21-10-6-3-7-11-21/h2-13,16,24-26,28H,14-15,17-19,34H2,1H3/t24-,25-,26+/m1/s1. The van der Waals surface area contributed by atoms with Crippen LogP contribution in [0.4, 0.5) is 13.2 Å². The molecule has 3 atom stereocenters. The summed E-state index contributed by atoms with van der Waals surface area (Å²) in [5, 5.41) is 10.1. The van der Waals surface area contributed by atoms with Crippen molar-refractivity contribution in [3.05, 3.63) is 101 Å². The topological polar surface area (TPSA) is 85.3 Å². The van der Waals surface area contributed by atoms with Crippen LogP contribution < -0.4 is 10.5 Å². The number of nitrogens with two attached hydrogens (primary N) is 1. The average Bonchev–Trinajstić information content (AvgIpc) is 3.62. The van der Waals surface area contributed by atoms with Crippen molar-refractivity contribution >= 4 is 0 Å². The molecule has 0 radical (unpaired) electrons. The van der Waals surface area contributed by atoms with Gasteiger partial charge < -0.3 is 10.5 Å². The summed E-state index contributed by atoms with van der Waals surface area (Å²) < 4.78 is 47.0. The molecule has 11 heteroatoms. The van der Waals surface area contributed by atoms with Gasteiger partial charge in [-0.15, -0.1) is 5.10 Å². The van der Waals surface area contributed by atoms with E-state index in [1.165, 1.54) is 17.2 Å². The lowest BCUT2D eigenvalue weighted by Gasteiger charge is -2.48. The summed E-state index contributed by atoms with van der Waals surface area (Å²) in [6.07, 6.45) is -3.76. The van der Waals surface area contributed by atoms with Crippen LogP contribution in [-0.2, 0) is 12.7 Å². The van der Waals surface area contributed by atoms with Crippen LogP contribution in [0.15, 0.2) is 78.9 Å². The number of ether oxygens (including phenoxy) is 1. The molecule has 6 rings (SSSR count). The highest BCUT2D eigenvalue weighted by atomic mass is 19.4. The number of benzene rings is 3. The first-order valence-electron chi connectivity index (χ1n) is 13.7. The van der Waals surface area contributed by atoms with Crippen LogP contribution in [0.5, 0.6) is 5.75 Å². The summed E-state index contributed by atoms with van der Waals surface area (Å²) in [4.78, 5) is 4.91. The Morgan fingerprint density at radius 2 is 1.66 bits per heavy atom. The fourth-order valence-electron chi connectivity index (χ4n) is 6.45. The van der Waals surface area contributed by atoms with E-state index in [0.717, 1.165) is 36.3 Å². The molecule has 3 heterocycles. The van der Waals surface area contributed by atoms with Gasteiger partial charge in [0.1, 0.15) is 5.75 Å². The van der Waals surface area contributed by atoms with E-state index in [1.807, 2.05) is 12.1 Å². The number of methoxy groups -OCH3 is 1. The molecule has 4 aromatic rings. The Bertz CT molecular complexity index is 1420. The van der Waals surface area contributed by atoms with Crippen molar-refractivity contribution < 1.29 is 17.9 Å². The first-order chi connectivity index (χ1) is 19.8. The highest BCUT2D eigenvalue weighted by Gasteiger charge is 2.45. The fraction of sp³-hybridized carbons (Fsp3) is 0.367. The van der Waals surface area contributed by atoms with E-state index in [-0.39, 0.29) is 29.7 Å². The molecule has 0 spiro atoms. The molecular weight excluding hydrogens is 531 g/mol. The molecule has 3 aromatic carbocycles. The molecule has 2 fully saturated rings. The van der Waals surface area contributed by atoms with Gasteiger partial charge in [-0.25, -0.2) is 0 Å². The number of halogens is 3. The number of piperazine rings is 1. The Kier molecular flexibility index (Phi) is 7.50. The molecular formula is C30H32F3N7O. The molecule has 2 N–H and O–H groups in total. The van der Waals surface area contributed by atoms with Gasteiger partial charge in [0.05, 0.1) is 12.8 Å². The van der Waals surface area contributed by atoms with Gasteiger partial charge >= 0.3 is 6.18 Å². The van der Waals surface area contributed by atoms with Gasteiger partial charge in [0.15, 0.2) is 0 Å². The number of nitrogens with zero attached hydrogens (tertiary/aromatic N) is 6. The van der Waals surface area contributed by atoms with E-state index in [4.69, 9.17) is 10.5 Å². The van der Waals surface area contributed by atoms with Gasteiger partial charge in [0, 0.05) is 55.8 Å². The van der Waals surface area contributed by atoms with E-state index in [1.54, 1.807) is 19.2 Å². The number of alkyl halides is 3. The van der Waals surface area contributed by atoms with Gasteiger partial charge in [0.2, 0.25) is 0 Å². The molecule has 41 heavy (non-hydrogen) atoms. The molecule has 214 valence electrons. The van der Waals surface area contributed by atoms with E-state index in [2.05, 4.69) is 73.9 Å². The molecule has 2 aliphatic rings.